The van der Waals surface area contributed by atoms with Crippen molar-refractivity contribution in [1.29, 1.82) is 0 Å². The maximum absolute atomic E-state index is 13.0. The molecule has 0 spiro atoms. The zero-order valence-corrected chi connectivity index (χ0v) is 12.8. The van der Waals surface area contributed by atoms with E-state index in [-0.39, 0.29) is 10.3 Å². The molecule has 0 fully saturated rings. The Kier molecular flexibility index (Phi) is 6.39. The number of aliphatic hydroxyl groups excluding tert-OH is 1. The lowest BCUT2D eigenvalue weighted by Gasteiger charge is -2.23. The van der Waals surface area contributed by atoms with Gasteiger partial charge in [-0.25, -0.2) is 8.78 Å². The molecule has 0 aliphatic heterocycles. The van der Waals surface area contributed by atoms with Crippen LogP contribution in [-0.4, -0.2) is 21.0 Å². The molecule has 0 saturated heterocycles. The van der Waals surface area contributed by atoms with E-state index in [0.717, 1.165) is 18.2 Å². The topological polar surface area (TPSA) is 55.3 Å². The molecule has 0 aliphatic rings. The van der Waals surface area contributed by atoms with Gasteiger partial charge in [0.15, 0.2) is 0 Å². The van der Waals surface area contributed by atoms with Crippen LogP contribution in [0.15, 0.2) is 18.2 Å². The lowest BCUT2D eigenvalue weighted by atomic mass is 10.0. The Bertz CT molecular complexity index is 417. The fraction of sp³-hybridized carbons (Fsp3) is 0.571. The fourth-order valence-electron chi connectivity index (χ4n) is 1.61. The number of aliphatic hydroxyl groups is 1. The predicted octanol–water partition coefficient (Wildman–Crippen LogP) is 2.83. The largest absolute Gasteiger partial charge is 0.598 e. The quantitative estimate of drug-likeness (QED) is 0.627. The van der Waals surface area contributed by atoms with Gasteiger partial charge in [-0.1, -0.05) is 0 Å². The minimum Gasteiger partial charge on any atom is -0.598 e. The van der Waals surface area contributed by atoms with Gasteiger partial charge < -0.3 is 9.66 Å². The molecule has 1 rings (SSSR count). The Hall–Kier alpha value is -0.690. The lowest BCUT2D eigenvalue weighted by Crippen LogP contribution is -2.39. The maximum Gasteiger partial charge on any atom is 0.136 e. The number of benzene rings is 1. The fourth-order valence-corrected chi connectivity index (χ4v) is 2.37. The highest BCUT2D eigenvalue weighted by atomic mass is 32.2. The van der Waals surface area contributed by atoms with Crippen LogP contribution in [0.1, 0.15) is 45.3 Å². The summed E-state index contributed by atoms with van der Waals surface area (Å²) in [5, 5.41) is 9.86. The summed E-state index contributed by atoms with van der Waals surface area (Å²) in [6.45, 7) is 6.06. The standard InChI is InChI=1S/C14H21F2NO2S/c1-14(2,3)20(19)17-6-4-5-13(18)10-7-11(15)9-12(16)8-10/h7-9,13,17-18H,4-6H2,1-3H3/t13-,20?/m0/s1. The van der Waals surface area contributed by atoms with Crippen molar-refractivity contribution in [2.75, 3.05) is 6.54 Å². The molecule has 0 amide bonds. The van der Waals surface area contributed by atoms with Crippen molar-refractivity contribution < 1.29 is 18.4 Å². The van der Waals surface area contributed by atoms with Gasteiger partial charge in [-0.15, -0.1) is 4.72 Å². The van der Waals surface area contributed by atoms with Crippen LogP contribution in [0.2, 0.25) is 0 Å². The van der Waals surface area contributed by atoms with E-state index in [2.05, 4.69) is 4.72 Å². The average Bonchev–Trinajstić information content (AvgIpc) is 2.31. The Labute approximate surface area is 121 Å². The molecule has 1 unspecified atom stereocenters. The highest BCUT2D eigenvalue weighted by molar-refractivity contribution is 7.90. The highest BCUT2D eigenvalue weighted by Crippen LogP contribution is 2.20. The second-order valence-electron chi connectivity index (χ2n) is 5.64. The van der Waals surface area contributed by atoms with Crippen LogP contribution in [0.4, 0.5) is 8.78 Å². The maximum atomic E-state index is 13.0. The van der Waals surface area contributed by atoms with Crippen LogP contribution in [0.25, 0.3) is 0 Å². The predicted molar refractivity (Wildman–Crippen MR) is 76.4 cm³/mol. The summed E-state index contributed by atoms with van der Waals surface area (Å²) in [7, 11) is 0. The number of hydrogen-bond acceptors (Lipinski definition) is 3. The van der Waals surface area contributed by atoms with Gasteiger partial charge in [0, 0.05) is 24.0 Å². The molecule has 1 aromatic carbocycles. The summed E-state index contributed by atoms with van der Waals surface area (Å²) in [5.74, 6) is -1.41. The highest BCUT2D eigenvalue weighted by Gasteiger charge is 2.25. The molecule has 0 aliphatic carbocycles. The third-order valence-corrected chi connectivity index (χ3v) is 4.29. The van der Waals surface area contributed by atoms with E-state index < -0.39 is 29.1 Å². The molecule has 0 aromatic heterocycles. The van der Waals surface area contributed by atoms with Crippen molar-refractivity contribution in [3.8, 4) is 0 Å². The Balaban J connectivity index is 2.38. The van der Waals surface area contributed by atoms with E-state index in [9.17, 15) is 18.4 Å². The van der Waals surface area contributed by atoms with E-state index in [1.165, 1.54) is 0 Å². The Morgan fingerprint density at radius 3 is 2.30 bits per heavy atom. The molecule has 1 aromatic rings. The van der Waals surface area contributed by atoms with Crippen LogP contribution in [-0.2, 0) is 11.4 Å². The van der Waals surface area contributed by atoms with Crippen molar-refractivity contribution in [1.82, 2.24) is 4.72 Å². The molecule has 6 heteroatoms. The lowest BCUT2D eigenvalue weighted by molar-refractivity contribution is 0.164. The summed E-state index contributed by atoms with van der Waals surface area (Å²) < 4.78 is 40.2. The van der Waals surface area contributed by atoms with Crippen molar-refractivity contribution >= 4 is 11.4 Å². The zero-order chi connectivity index (χ0) is 15.3. The van der Waals surface area contributed by atoms with E-state index in [4.69, 9.17) is 0 Å². The summed E-state index contributed by atoms with van der Waals surface area (Å²) >= 11 is -1.16. The van der Waals surface area contributed by atoms with Crippen LogP contribution in [0, 0.1) is 11.6 Å². The Morgan fingerprint density at radius 1 is 1.25 bits per heavy atom. The first-order valence-electron chi connectivity index (χ1n) is 6.49. The van der Waals surface area contributed by atoms with Crippen LogP contribution in [0.3, 0.4) is 0 Å². The monoisotopic (exact) mass is 305 g/mol. The number of nitrogens with one attached hydrogen (secondary N) is 1. The van der Waals surface area contributed by atoms with E-state index in [1.54, 1.807) is 0 Å². The summed E-state index contributed by atoms with van der Waals surface area (Å²) in [6.07, 6.45) is -0.0247. The first-order chi connectivity index (χ1) is 9.20. The van der Waals surface area contributed by atoms with Gasteiger partial charge in [0.25, 0.3) is 0 Å². The Morgan fingerprint density at radius 2 is 1.80 bits per heavy atom. The molecule has 0 radical (unpaired) electrons. The molecule has 2 N–H and O–H groups in total. The summed E-state index contributed by atoms with van der Waals surface area (Å²) in [5.41, 5.74) is 0.222. The van der Waals surface area contributed by atoms with Crippen molar-refractivity contribution in [2.45, 2.75) is 44.5 Å². The molecule has 0 saturated carbocycles. The van der Waals surface area contributed by atoms with Gasteiger partial charge in [0.1, 0.15) is 16.4 Å². The van der Waals surface area contributed by atoms with E-state index >= 15 is 0 Å². The second kappa shape index (κ2) is 7.36. The van der Waals surface area contributed by atoms with Gasteiger partial charge in [-0.2, -0.15) is 0 Å². The zero-order valence-electron chi connectivity index (χ0n) is 12.0. The van der Waals surface area contributed by atoms with Gasteiger partial charge in [-0.05, 0) is 51.3 Å². The molecule has 0 heterocycles. The number of hydrogen-bond donors (Lipinski definition) is 2. The summed E-state index contributed by atoms with van der Waals surface area (Å²) in [6, 6.07) is 3.01. The van der Waals surface area contributed by atoms with E-state index in [0.29, 0.717) is 19.4 Å². The van der Waals surface area contributed by atoms with Crippen LogP contribution >= 0.6 is 0 Å². The van der Waals surface area contributed by atoms with Gasteiger partial charge in [0.05, 0.1) is 6.10 Å². The van der Waals surface area contributed by atoms with Gasteiger partial charge in [-0.3, -0.25) is 0 Å². The third-order valence-electron chi connectivity index (χ3n) is 2.71. The van der Waals surface area contributed by atoms with Gasteiger partial charge >= 0.3 is 0 Å². The minimum atomic E-state index is -1.16. The van der Waals surface area contributed by atoms with Gasteiger partial charge in [0.2, 0.25) is 0 Å². The second-order valence-corrected chi connectivity index (χ2v) is 7.69. The first-order valence-corrected chi connectivity index (χ1v) is 7.64. The molecule has 114 valence electrons. The van der Waals surface area contributed by atoms with Crippen LogP contribution in [0.5, 0.6) is 0 Å². The molecule has 0 bridgehead atoms. The third kappa shape index (κ3) is 5.75. The first kappa shape index (κ1) is 17.4. The average molecular weight is 305 g/mol. The van der Waals surface area contributed by atoms with E-state index in [1.807, 2.05) is 20.8 Å². The molecule has 20 heavy (non-hydrogen) atoms. The normalized spacial score (nSPS) is 15.2. The molecule has 3 nitrogen and oxygen atoms in total. The SMILES string of the molecule is CC(C)(C)[S+]([O-])NCCC[C@H](O)c1cc(F)cc(F)c1. The van der Waals surface area contributed by atoms with Crippen molar-refractivity contribution in [2.24, 2.45) is 0 Å². The van der Waals surface area contributed by atoms with Crippen LogP contribution < -0.4 is 4.72 Å². The molecule has 2 atom stereocenters. The summed E-state index contributed by atoms with van der Waals surface area (Å²) in [4.78, 5) is 0. The molecular formula is C14H21F2NO2S. The minimum absolute atomic E-state index is 0.222. The van der Waals surface area contributed by atoms with Crippen molar-refractivity contribution in [3.63, 3.8) is 0 Å². The number of halogens is 2. The smallest absolute Gasteiger partial charge is 0.136 e. The number of rotatable bonds is 6. The molecular weight excluding hydrogens is 284 g/mol. The van der Waals surface area contributed by atoms with Crippen molar-refractivity contribution in [3.05, 3.63) is 35.4 Å².